The Balaban J connectivity index is 2.33. The van der Waals surface area contributed by atoms with Crippen LogP contribution in [0.25, 0.3) is 0 Å². The van der Waals surface area contributed by atoms with Gasteiger partial charge in [0.25, 0.3) is 5.91 Å². The number of aliphatic hydroxyl groups excluding tert-OH is 2. The van der Waals surface area contributed by atoms with Crippen LogP contribution in [0.15, 0.2) is 17.1 Å². The van der Waals surface area contributed by atoms with E-state index in [-0.39, 0.29) is 31.9 Å². The second-order valence-electron chi connectivity index (χ2n) is 8.17. The highest BCUT2D eigenvalue weighted by Gasteiger charge is 2.49. The Labute approximate surface area is 206 Å². The van der Waals surface area contributed by atoms with Gasteiger partial charge >= 0.3 is 5.69 Å². The summed E-state index contributed by atoms with van der Waals surface area (Å²) in [6, 6.07) is -1.25. The van der Waals surface area contributed by atoms with E-state index in [4.69, 9.17) is 21.9 Å². The molecule has 1 aliphatic rings. The first kappa shape index (κ1) is 29.1. The summed E-state index contributed by atoms with van der Waals surface area (Å²) < 4.78 is 6.61. The molecule has 12 N–H and O–H groups in total. The normalized spacial score (nSPS) is 24.5. The first-order valence-corrected chi connectivity index (χ1v) is 11.4. The lowest BCUT2D eigenvalue weighted by atomic mass is 9.93. The van der Waals surface area contributed by atoms with Gasteiger partial charge < -0.3 is 53.4 Å². The molecule has 0 radical (unpaired) electrons. The molecule has 0 bridgehead atoms. The van der Waals surface area contributed by atoms with Crippen LogP contribution in [-0.4, -0.2) is 101 Å². The summed E-state index contributed by atoms with van der Waals surface area (Å²) in [5.74, 6) is -2.03. The Morgan fingerprint density at radius 3 is 2.56 bits per heavy atom. The third-order valence-electron chi connectivity index (χ3n) is 5.44. The predicted octanol–water partition coefficient (Wildman–Crippen LogP) is -5.55. The van der Waals surface area contributed by atoms with E-state index in [1.54, 1.807) is 7.05 Å². The van der Waals surface area contributed by atoms with Gasteiger partial charge in [0.2, 0.25) is 11.8 Å². The van der Waals surface area contributed by atoms with Crippen molar-refractivity contribution in [3.8, 4) is 0 Å². The van der Waals surface area contributed by atoms with Crippen LogP contribution in [0.5, 0.6) is 0 Å². The van der Waals surface area contributed by atoms with Gasteiger partial charge in [-0.15, -0.1) is 0 Å². The molecule has 0 saturated carbocycles. The molecule has 6 unspecified atom stereocenters. The molecule has 36 heavy (non-hydrogen) atoms. The lowest BCUT2D eigenvalue weighted by Gasteiger charge is -2.43. The van der Waals surface area contributed by atoms with Gasteiger partial charge in [0.15, 0.2) is 12.3 Å². The lowest BCUT2D eigenvalue weighted by molar-refractivity contribution is -0.213. The van der Waals surface area contributed by atoms with E-state index in [1.165, 1.54) is 12.3 Å². The van der Waals surface area contributed by atoms with E-state index >= 15 is 0 Å². The van der Waals surface area contributed by atoms with Gasteiger partial charge in [-0.05, 0) is 39.0 Å². The van der Waals surface area contributed by atoms with Crippen LogP contribution in [0, 0.1) is 0 Å². The number of carbonyl (C=O) groups excluding carboxylic acids is 3. The number of nitrogens with two attached hydrogens (primary N) is 3. The molecule has 1 aromatic heterocycles. The second kappa shape index (κ2) is 13.8. The molecule has 0 aliphatic carbocycles. The number of aromatic nitrogens is 2. The van der Waals surface area contributed by atoms with Gasteiger partial charge in [-0.2, -0.15) is 4.98 Å². The van der Waals surface area contributed by atoms with Gasteiger partial charge in [0, 0.05) is 12.7 Å². The molecular weight excluding hydrogens is 478 g/mol. The Kier molecular flexibility index (Phi) is 11.2. The Bertz CT molecular complexity index is 960. The molecule has 0 aromatic carbocycles. The van der Waals surface area contributed by atoms with Crippen LogP contribution in [0.3, 0.4) is 0 Å². The molecule has 1 aliphatic heterocycles. The number of aliphatic hydroxyl groups is 2. The maximum atomic E-state index is 13.0. The minimum Gasteiger partial charge on any atom is -0.388 e. The molecule has 16 heteroatoms. The van der Waals surface area contributed by atoms with E-state index in [1.807, 2.05) is 0 Å². The van der Waals surface area contributed by atoms with E-state index < -0.39 is 60.0 Å². The Morgan fingerprint density at radius 1 is 1.22 bits per heavy atom. The fourth-order valence-electron chi connectivity index (χ4n) is 3.63. The van der Waals surface area contributed by atoms with Crippen LogP contribution in [0.1, 0.15) is 19.1 Å². The van der Waals surface area contributed by atoms with E-state index in [0.29, 0.717) is 13.0 Å². The molecule has 6 atom stereocenters. The minimum atomic E-state index is -1.76. The van der Waals surface area contributed by atoms with Crippen molar-refractivity contribution >= 4 is 23.5 Å². The molecule has 3 amide bonds. The van der Waals surface area contributed by atoms with Crippen molar-refractivity contribution in [1.29, 1.82) is 0 Å². The van der Waals surface area contributed by atoms with Crippen LogP contribution in [-0.2, 0) is 19.1 Å². The number of nitrogens with zero attached hydrogens (tertiary/aromatic N) is 2. The van der Waals surface area contributed by atoms with Crippen molar-refractivity contribution in [2.75, 3.05) is 39.0 Å². The number of ether oxygens (including phenoxy) is 1. The van der Waals surface area contributed by atoms with Crippen molar-refractivity contribution in [3.63, 3.8) is 0 Å². The third-order valence-corrected chi connectivity index (χ3v) is 5.44. The molecule has 0 spiro atoms. The zero-order chi connectivity index (χ0) is 26.8. The number of hydrogen-bond acceptors (Lipinski definition) is 12. The fraction of sp³-hybridized carbons (Fsp3) is 0.650. The standard InChI is InChI=1S/C20H35N9O7/c1-24-9-12(30)26-10(3-6-22)17(33)28-13-14(31)15(32)19(29-8-4-11(23)27-20(29)35)36-16(13)18(34)25-7-2-5-21/h4,8,10,13-16,19,24,31-32H,2-3,5-7,9,21-22H2,1H3,(H,25,34)(H,26,30)(H,28,33)(H2,23,27,35). The molecule has 202 valence electrons. The summed E-state index contributed by atoms with van der Waals surface area (Å²) in [4.78, 5) is 53.8. The van der Waals surface area contributed by atoms with E-state index in [2.05, 4.69) is 26.3 Å². The lowest BCUT2D eigenvalue weighted by Crippen LogP contribution is -2.67. The van der Waals surface area contributed by atoms with E-state index in [0.717, 1.165) is 4.57 Å². The van der Waals surface area contributed by atoms with Gasteiger partial charge in [-0.1, -0.05) is 0 Å². The van der Waals surface area contributed by atoms with Crippen molar-refractivity contribution in [2.24, 2.45) is 11.5 Å². The summed E-state index contributed by atoms with van der Waals surface area (Å²) >= 11 is 0. The monoisotopic (exact) mass is 513 g/mol. The van der Waals surface area contributed by atoms with Crippen molar-refractivity contribution in [2.45, 2.75) is 49.5 Å². The van der Waals surface area contributed by atoms with Crippen LogP contribution in [0.2, 0.25) is 0 Å². The summed E-state index contributed by atoms with van der Waals surface area (Å²) in [6.07, 6.45) is -4.85. The zero-order valence-corrected chi connectivity index (χ0v) is 19.9. The van der Waals surface area contributed by atoms with Gasteiger partial charge in [0.05, 0.1) is 12.6 Å². The Hall–Kier alpha value is -3.15. The number of rotatable bonds is 12. The SMILES string of the molecule is CNCC(=O)NC(CCN)C(=O)NC1C(C(=O)NCCCN)OC(n2ccc(N)nc2=O)C(O)C1O. The fourth-order valence-corrected chi connectivity index (χ4v) is 3.63. The minimum absolute atomic E-state index is 0.0551. The number of amides is 3. The number of likely N-dealkylation sites (N-methyl/N-ethyl adjacent to an activating group) is 1. The Morgan fingerprint density at radius 2 is 1.94 bits per heavy atom. The summed E-state index contributed by atoms with van der Waals surface area (Å²) in [5, 5.41) is 31.9. The number of anilines is 1. The number of hydrogen-bond donors (Lipinski definition) is 9. The van der Waals surface area contributed by atoms with E-state index in [9.17, 15) is 29.4 Å². The third kappa shape index (κ3) is 7.42. The number of carbonyl (C=O) groups is 3. The van der Waals surface area contributed by atoms with Gasteiger partial charge in [-0.3, -0.25) is 19.0 Å². The molecule has 2 heterocycles. The van der Waals surface area contributed by atoms with Crippen LogP contribution in [0.4, 0.5) is 5.82 Å². The second-order valence-corrected chi connectivity index (χ2v) is 8.17. The molecule has 16 nitrogen and oxygen atoms in total. The maximum Gasteiger partial charge on any atom is 0.351 e. The molecule has 1 aromatic rings. The summed E-state index contributed by atoms with van der Waals surface area (Å²) in [6.45, 7) is 0.483. The first-order valence-electron chi connectivity index (χ1n) is 11.4. The van der Waals surface area contributed by atoms with Gasteiger partial charge in [-0.25, -0.2) is 4.79 Å². The van der Waals surface area contributed by atoms with Crippen LogP contribution < -0.4 is 44.2 Å². The average Bonchev–Trinajstić information content (AvgIpc) is 2.82. The molecule has 1 saturated heterocycles. The quantitative estimate of drug-likeness (QED) is 0.118. The first-order chi connectivity index (χ1) is 17.1. The summed E-state index contributed by atoms with van der Waals surface area (Å²) in [5.41, 5.74) is 15.6. The predicted molar refractivity (Wildman–Crippen MR) is 127 cm³/mol. The van der Waals surface area contributed by atoms with Crippen molar-refractivity contribution in [3.05, 3.63) is 22.7 Å². The summed E-state index contributed by atoms with van der Waals surface area (Å²) in [7, 11) is 1.56. The molecule has 2 rings (SSSR count). The molecular formula is C20H35N9O7. The highest BCUT2D eigenvalue weighted by Crippen LogP contribution is 2.28. The average molecular weight is 514 g/mol. The number of nitrogen functional groups attached to an aromatic ring is 1. The van der Waals surface area contributed by atoms with Crippen molar-refractivity contribution in [1.82, 2.24) is 30.8 Å². The topological polar surface area (TPSA) is 262 Å². The molecule has 1 fully saturated rings. The zero-order valence-electron chi connectivity index (χ0n) is 19.9. The highest BCUT2D eigenvalue weighted by molar-refractivity contribution is 5.89. The van der Waals surface area contributed by atoms with Gasteiger partial charge in [0.1, 0.15) is 24.1 Å². The maximum absolute atomic E-state index is 13.0. The van der Waals surface area contributed by atoms with Crippen LogP contribution >= 0.6 is 0 Å². The van der Waals surface area contributed by atoms with Crippen molar-refractivity contribution < 1.29 is 29.3 Å². The number of nitrogens with one attached hydrogen (secondary N) is 4. The highest BCUT2D eigenvalue weighted by atomic mass is 16.5. The smallest absolute Gasteiger partial charge is 0.351 e. The largest absolute Gasteiger partial charge is 0.388 e.